The van der Waals surface area contributed by atoms with Crippen LogP contribution in [0.2, 0.25) is 0 Å². The lowest BCUT2D eigenvalue weighted by atomic mass is 10.3. The van der Waals surface area contributed by atoms with Gasteiger partial charge in [0, 0.05) is 10.1 Å². The predicted octanol–water partition coefficient (Wildman–Crippen LogP) is 3.20. The summed E-state index contributed by atoms with van der Waals surface area (Å²) in [5.41, 5.74) is 1.78. The van der Waals surface area contributed by atoms with E-state index >= 15 is 0 Å². The van der Waals surface area contributed by atoms with Crippen molar-refractivity contribution in [2.24, 2.45) is 15.4 Å². The molecule has 1 aromatic heterocycles. The minimum atomic E-state index is 0.196. The summed E-state index contributed by atoms with van der Waals surface area (Å²) in [6.07, 6.45) is 0. The van der Waals surface area contributed by atoms with E-state index in [1.807, 2.05) is 5.38 Å². The summed E-state index contributed by atoms with van der Waals surface area (Å²) in [5.74, 6) is 0. The summed E-state index contributed by atoms with van der Waals surface area (Å²) in [7, 11) is 0. The van der Waals surface area contributed by atoms with Crippen molar-refractivity contribution < 1.29 is 0 Å². The van der Waals surface area contributed by atoms with Gasteiger partial charge in [0.05, 0.1) is 0 Å². The van der Waals surface area contributed by atoms with Crippen molar-refractivity contribution in [1.82, 2.24) is 4.98 Å². The first-order chi connectivity index (χ1) is 7.04. The molecule has 4 nitrogen and oxygen atoms in total. The number of thioether (sulfide) groups is 1. The highest BCUT2D eigenvalue weighted by atomic mass is 32.2. The summed E-state index contributed by atoms with van der Waals surface area (Å²) in [5, 5.41) is 13.3. The SMILES string of the molecule is CC(C)(C)Sc1nc(C2=NN=NC2)cs1. The summed E-state index contributed by atoms with van der Waals surface area (Å²) in [4.78, 5) is 4.51. The van der Waals surface area contributed by atoms with Gasteiger partial charge in [0.1, 0.15) is 18.0 Å². The van der Waals surface area contributed by atoms with Gasteiger partial charge in [0.2, 0.25) is 0 Å². The average Bonchev–Trinajstić information content (AvgIpc) is 2.68. The summed E-state index contributed by atoms with van der Waals surface area (Å²) in [6.45, 7) is 7.09. The summed E-state index contributed by atoms with van der Waals surface area (Å²) < 4.78 is 1.27. The first kappa shape index (κ1) is 10.8. The van der Waals surface area contributed by atoms with Crippen LogP contribution in [-0.2, 0) is 0 Å². The number of nitrogens with zero attached hydrogens (tertiary/aromatic N) is 4. The minimum Gasteiger partial charge on any atom is -0.228 e. The molecule has 0 bridgehead atoms. The molecular weight excluding hydrogens is 228 g/mol. The van der Waals surface area contributed by atoms with Crippen LogP contribution in [-0.4, -0.2) is 22.0 Å². The van der Waals surface area contributed by atoms with E-state index in [0.29, 0.717) is 6.54 Å². The molecule has 0 aromatic carbocycles. The van der Waals surface area contributed by atoms with Crippen LogP contribution in [0.1, 0.15) is 26.5 Å². The minimum absolute atomic E-state index is 0.196. The molecule has 0 saturated heterocycles. The molecule has 1 aromatic rings. The van der Waals surface area contributed by atoms with E-state index < -0.39 is 0 Å². The smallest absolute Gasteiger partial charge is 0.151 e. The molecule has 1 aliphatic heterocycles. The van der Waals surface area contributed by atoms with Crippen molar-refractivity contribution in [2.45, 2.75) is 29.9 Å². The fourth-order valence-corrected chi connectivity index (χ4v) is 3.35. The molecule has 0 unspecified atom stereocenters. The molecule has 0 atom stereocenters. The molecule has 0 N–H and O–H groups in total. The van der Waals surface area contributed by atoms with Crippen molar-refractivity contribution in [3.05, 3.63) is 11.1 Å². The third kappa shape index (κ3) is 2.85. The van der Waals surface area contributed by atoms with Gasteiger partial charge in [-0.1, -0.05) is 32.5 Å². The Morgan fingerprint density at radius 1 is 1.40 bits per heavy atom. The molecule has 1 aliphatic rings. The predicted molar refractivity (Wildman–Crippen MR) is 64.0 cm³/mol. The fourth-order valence-electron chi connectivity index (χ4n) is 1.05. The Balaban J connectivity index is 2.11. The largest absolute Gasteiger partial charge is 0.228 e. The molecule has 80 valence electrons. The zero-order valence-corrected chi connectivity index (χ0v) is 10.5. The van der Waals surface area contributed by atoms with Gasteiger partial charge in [-0.2, -0.15) is 5.11 Å². The van der Waals surface area contributed by atoms with E-state index in [0.717, 1.165) is 15.7 Å². The Labute approximate surface area is 96.9 Å². The maximum absolute atomic E-state index is 4.51. The van der Waals surface area contributed by atoms with Gasteiger partial charge < -0.3 is 0 Å². The topological polar surface area (TPSA) is 50.0 Å². The molecule has 2 rings (SSSR count). The Morgan fingerprint density at radius 3 is 2.80 bits per heavy atom. The van der Waals surface area contributed by atoms with Gasteiger partial charge in [0.15, 0.2) is 4.34 Å². The summed E-state index contributed by atoms with van der Waals surface area (Å²) >= 11 is 3.42. The van der Waals surface area contributed by atoms with E-state index in [1.54, 1.807) is 23.1 Å². The van der Waals surface area contributed by atoms with Crippen molar-refractivity contribution in [3.63, 3.8) is 0 Å². The van der Waals surface area contributed by atoms with Crippen molar-refractivity contribution >= 4 is 28.8 Å². The second-order valence-electron chi connectivity index (χ2n) is 4.15. The van der Waals surface area contributed by atoms with Crippen LogP contribution in [0.25, 0.3) is 0 Å². The third-order valence-electron chi connectivity index (χ3n) is 1.62. The molecule has 2 heterocycles. The van der Waals surface area contributed by atoms with Gasteiger partial charge >= 0.3 is 0 Å². The standard InChI is InChI=1S/C9H12N4S2/c1-9(2,3)15-8-11-7(5-14-8)6-4-10-13-12-6/h5H,4H2,1-3H3. The first-order valence-corrected chi connectivity index (χ1v) is 6.32. The second kappa shape index (κ2) is 4.02. The Bertz CT molecular complexity index is 414. The molecule has 0 amide bonds. The maximum atomic E-state index is 4.51. The Morgan fingerprint density at radius 2 is 2.20 bits per heavy atom. The molecule has 0 spiro atoms. The van der Waals surface area contributed by atoms with Gasteiger partial charge in [-0.15, -0.1) is 16.4 Å². The second-order valence-corrected chi connectivity index (χ2v) is 7.08. The molecule has 0 fully saturated rings. The van der Waals surface area contributed by atoms with E-state index in [4.69, 9.17) is 0 Å². The average molecular weight is 240 g/mol. The number of hydrogen-bond donors (Lipinski definition) is 0. The monoisotopic (exact) mass is 240 g/mol. The maximum Gasteiger partial charge on any atom is 0.151 e. The molecule has 0 saturated carbocycles. The van der Waals surface area contributed by atoms with Crippen LogP contribution >= 0.6 is 23.1 Å². The van der Waals surface area contributed by atoms with Gasteiger partial charge in [0.25, 0.3) is 0 Å². The number of rotatable bonds is 2. The van der Waals surface area contributed by atoms with Crippen LogP contribution in [0.15, 0.2) is 25.2 Å². The van der Waals surface area contributed by atoms with Crippen LogP contribution in [0.5, 0.6) is 0 Å². The van der Waals surface area contributed by atoms with Crippen molar-refractivity contribution in [3.8, 4) is 0 Å². The molecule has 0 radical (unpaired) electrons. The number of thiazole rings is 1. The number of aromatic nitrogens is 1. The van der Waals surface area contributed by atoms with E-state index in [-0.39, 0.29) is 4.75 Å². The highest BCUT2D eigenvalue weighted by Gasteiger charge is 2.17. The molecule has 15 heavy (non-hydrogen) atoms. The fraction of sp³-hybridized carbons (Fsp3) is 0.556. The van der Waals surface area contributed by atoms with Crippen LogP contribution in [0.4, 0.5) is 0 Å². The van der Waals surface area contributed by atoms with Gasteiger partial charge in [-0.05, 0) is 5.22 Å². The van der Waals surface area contributed by atoms with Gasteiger partial charge in [-0.3, -0.25) is 0 Å². The quantitative estimate of drug-likeness (QED) is 0.745. The van der Waals surface area contributed by atoms with Gasteiger partial charge in [-0.25, -0.2) is 4.98 Å². The normalized spacial score (nSPS) is 15.8. The Kier molecular flexibility index (Phi) is 2.88. The lowest BCUT2D eigenvalue weighted by molar-refractivity contribution is 0.802. The highest BCUT2D eigenvalue weighted by molar-refractivity contribution is 8.02. The summed E-state index contributed by atoms with van der Waals surface area (Å²) in [6, 6.07) is 0. The zero-order chi connectivity index (χ0) is 10.9. The van der Waals surface area contributed by atoms with Crippen LogP contribution < -0.4 is 0 Å². The number of hydrogen-bond acceptors (Lipinski definition) is 6. The molecule has 0 aliphatic carbocycles. The highest BCUT2D eigenvalue weighted by Crippen LogP contribution is 2.34. The lowest BCUT2D eigenvalue weighted by Crippen LogP contribution is -2.07. The zero-order valence-electron chi connectivity index (χ0n) is 8.89. The van der Waals surface area contributed by atoms with E-state index in [9.17, 15) is 0 Å². The van der Waals surface area contributed by atoms with Crippen molar-refractivity contribution in [2.75, 3.05) is 6.54 Å². The van der Waals surface area contributed by atoms with E-state index in [1.165, 1.54) is 0 Å². The Hall–Kier alpha value is -0.750. The van der Waals surface area contributed by atoms with E-state index in [2.05, 4.69) is 41.2 Å². The first-order valence-electron chi connectivity index (χ1n) is 4.63. The van der Waals surface area contributed by atoms with Crippen LogP contribution in [0, 0.1) is 0 Å². The van der Waals surface area contributed by atoms with Crippen LogP contribution in [0.3, 0.4) is 0 Å². The van der Waals surface area contributed by atoms with Crippen molar-refractivity contribution in [1.29, 1.82) is 0 Å². The molecular formula is C9H12N4S2. The lowest BCUT2D eigenvalue weighted by Gasteiger charge is -2.14. The molecule has 6 heteroatoms. The third-order valence-corrected chi connectivity index (χ3v) is 3.67.